The molecule has 2 aromatic carbocycles. The first-order chi connectivity index (χ1) is 11.5. The second-order valence-corrected chi connectivity index (χ2v) is 5.27. The zero-order chi connectivity index (χ0) is 17.5. The second kappa shape index (κ2) is 8.40. The van der Waals surface area contributed by atoms with Crippen LogP contribution >= 0.6 is 0 Å². The van der Waals surface area contributed by atoms with Crippen molar-refractivity contribution < 1.29 is 23.4 Å². The van der Waals surface area contributed by atoms with E-state index >= 15 is 0 Å². The van der Waals surface area contributed by atoms with Crippen LogP contribution in [0.25, 0.3) is 0 Å². The molecule has 24 heavy (non-hydrogen) atoms. The molecule has 1 unspecified atom stereocenters. The van der Waals surface area contributed by atoms with Gasteiger partial charge in [-0.25, -0.2) is 8.78 Å². The highest BCUT2D eigenvalue weighted by atomic mass is 19.2. The van der Waals surface area contributed by atoms with E-state index in [1.54, 1.807) is 24.3 Å². The molecular weight excluding hydrogens is 316 g/mol. The Morgan fingerprint density at radius 1 is 1.21 bits per heavy atom. The minimum Gasteiger partial charge on any atom is -0.496 e. The van der Waals surface area contributed by atoms with Crippen molar-refractivity contribution in [3.05, 3.63) is 65.2 Å². The maximum atomic E-state index is 13.5. The average Bonchev–Trinajstić information content (AvgIpc) is 2.60. The summed E-state index contributed by atoms with van der Waals surface area (Å²) in [5.41, 5.74) is 0.715. The Bertz CT molecular complexity index is 706. The topological polar surface area (TPSA) is 58.6 Å². The van der Waals surface area contributed by atoms with E-state index in [-0.39, 0.29) is 30.9 Å². The molecule has 0 aliphatic rings. The Morgan fingerprint density at radius 2 is 1.96 bits per heavy atom. The van der Waals surface area contributed by atoms with Crippen LogP contribution in [0.4, 0.5) is 8.78 Å². The van der Waals surface area contributed by atoms with E-state index in [0.29, 0.717) is 11.3 Å². The van der Waals surface area contributed by atoms with Gasteiger partial charge in [0, 0.05) is 18.5 Å². The van der Waals surface area contributed by atoms with Crippen LogP contribution in [0.3, 0.4) is 0 Å². The van der Waals surface area contributed by atoms with E-state index in [9.17, 15) is 18.7 Å². The first-order valence-corrected chi connectivity index (χ1v) is 7.53. The number of benzene rings is 2. The molecule has 0 aromatic heterocycles. The summed E-state index contributed by atoms with van der Waals surface area (Å²) in [6.07, 6.45) is -0.838. The number of amides is 1. The number of aliphatic hydroxyl groups excluding tert-OH is 1. The molecule has 0 fully saturated rings. The zero-order valence-electron chi connectivity index (χ0n) is 13.3. The molecule has 2 N–H and O–H groups in total. The maximum Gasteiger partial charge on any atom is 0.220 e. The Labute approximate surface area is 139 Å². The van der Waals surface area contributed by atoms with Crippen molar-refractivity contribution in [1.82, 2.24) is 5.32 Å². The summed E-state index contributed by atoms with van der Waals surface area (Å²) in [6, 6.07) is 10.8. The Morgan fingerprint density at radius 3 is 2.71 bits per heavy atom. The van der Waals surface area contributed by atoms with Crippen molar-refractivity contribution in [2.45, 2.75) is 18.9 Å². The van der Waals surface area contributed by atoms with Crippen molar-refractivity contribution in [3.63, 3.8) is 0 Å². The molecule has 2 rings (SSSR count). The van der Waals surface area contributed by atoms with E-state index < -0.39 is 17.7 Å². The molecule has 0 radical (unpaired) electrons. The molecule has 1 atom stereocenters. The largest absolute Gasteiger partial charge is 0.496 e. The van der Waals surface area contributed by atoms with Crippen LogP contribution in [0.5, 0.6) is 5.75 Å². The second-order valence-electron chi connectivity index (χ2n) is 5.27. The van der Waals surface area contributed by atoms with Crippen LogP contribution in [0, 0.1) is 11.6 Å². The zero-order valence-corrected chi connectivity index (χ0v) is 13.3. The monoisotopic (exact) mass is 335 g/mol. The third kappa shape index (κ3) is 4.52. The van der Waals surface area contributed by atoms with Crippen molar-refractivity contribution in [2.75, 3.05) is 13.7 Å². The van der Waals surface area contributed by atoms with Gasteiger partial charge in [-0.1, -0.05) is 30.3 Å². The number of hydrogen-bond donors (Lipinski definition) is 2. The van der Waals surface area contributed by atoms with Crippen molar-refractivity contribution in [3.8, 4) is 5.75 Å². The van der Waals surface area contributed by atoms with Gasteiger partial charge in [0.1, 0.15) is 5.75 Å². The molecule has 0 saturated heterocycles. The lowest BCUT2D eigenvalue weighted by Crippen LogP contribution is -2.28. The minimum absolute atomic E-state index is 0.000974. The third-order valence-electron chi connectivity index (χ3n) is 3.64. The van der Waals surface area contributed by atoms with Gasteiger partial charge in [0.05, 0.1) is 13.2 Å². The molecule has 2 aromatic rings. The first kappa shape index (κ1) is 17.9. The average molecular weight is 335 g/mol. The molecule has 0 saturated carbocycles. The van der Waals surface area contributed by atoms with E-state index in [0.717, 1.165) is 6.07 Å². The Hall–Kier alpha value is -2.47. The molecular formula is C18H19F2NO3. The summed E-state index contributed by atoms with van der Waals surface area (Å²) in [4.78, 5) is 11.8. The fourth-order valence-electron chi connectivity index (χ4n) is 2.34. The van der Waals surface area contributed by atoms with Gasteiger partial charge in [-0.2, -0.15) is 0 Å². The van der Waals surface area contributed by atoms with E-state index in [1.165, 1.54) is 19.2 Å². The number of aliphatic hydroxyl groups is 1. The van der Waals surface area contributed by atoms with Gasteiger partial charge in [-0.05, 0) is 24.1 Å². The number of aryl methyl sites for hydroxylation is 1. The van der Waals surface area contributed by atoms with Crippen LogP contribution in [0.15, 0.2) is 42.5 Å². The minimum atomic E-state index is -0.931. The molecule has 0 aliphatic carbocycles. The van der Waals surface area contributed by atoms with Crippen molar-refractivity contribution >= 4 is 5.91 Å². The van der Waals surface area contributed by atoms with Gasteiger partial charge >= 0.3 is 0 Å². The lowest BCUT2D eigenvalue weighted by Gasteiger charge is -2.15. The van der Waals surface area contributed by atoms with Crippen LogP contribution in [0.2, 0.25) is 0 Å². The summed E-state index contributed by atoms with van der Waals surface area (Å²) in [7, 11) is 1.50. The number of carbonyl (C=O) groups is 1. The van der Waals surface area contributed by atoms with Gasteiger partial charge < -0.3 is 15.2 Å². The molecule has 0 heterocycles. The first-order valence-electron chi connectivity index (χ1n) is 7.53. The summed E-state index contributed by atoms with van der Waals surface area (Å²) < 4.78 is 31.8. The molecule has 0 spiro atoms. The highest BCUT2D eigenvalue weighted by Gasteiger charge is 2.14. The molecule has 0 bridgehead atoms. The molecule has 128 valence electrons. The number of rotatable bonds is 7. The number of para-hydroxylation sites is 1. The van der Waals surface area contributed by atoms with Gasteiger partial charge in [0.2, 0.25) is 5.91 Å². The fourth-order valence-corrected chi connectivity index (χ4v) is 2.34. The SMILES string of the molecule is COc1ccccc1C(O)CNC(=O)CCc1cccc(F)c1F. The number of nitrogens with one attached hydrogen (secondary N) is 1. The van der Waals surface area contributed by atoms with Crippen molar-refractivity contribution in [2.24, 2.45) is 0 Å². The molecule has 1 amide bonds. The summed E-state index contributed by atoms with van der Waals surface area (Å²) in [5.74, 6) is -1.69. The summed E-state index contributed by atoms with van der Waals surface area (Å²) in [6.45, 7) is 0.00480. The normalized spacial score (nSPS) is 11.8. The summed E-state index contributed by atoms with van der Waals surface area (Å²) >= 11 is 0. The number of carbonyl (C=O) groups excluding carboxylic acids is 1. The van der Waals surface area contributed by atoms with E-state index in [4.69, 9.17) is 4.74 Å². The van der Waals surface area contributed by atoms with Gasteiger partial charge in [-0.3, -0.25) is 4.79 Å². The van der Waals surface area contributed by atoms with Crippen molar-refractivity contribution in [1.29, 1.82) is 0 Å². The number of halogens is 2. The van der Waals surface area contributed by atoms with Crippen LogP contribution in [-0.4, -0.2) is 24.7 Å². The van der Waals surface area contributed by atoms with Crippen LogP contribution in [-0.2, 0) is 11.2 Å². The number of hydrogen-bond acceptors (Lipinski definition) is 3. The smallest absolute Gasteiger partial charge is 0.220 e. The van der Waals surface area contributed by atoms with Crippen LogP contribution < -0.4 is 10.1 Å². The Kier molecular flexibility index (Phi) is 6.26. The van der Waals surface area contributed by atoms with E-state index in [2.05, 4.69) is 5.32 Å². The highest BCUT2D eigenvalue weighted by molar-refractivity contribution is 5.76. The predicted molar refractivity (Wildman–Crippen MR) is 85.6 cm³/mol. The lowest BCUT2D eigenvalue weighted by atomic mass is 10.1. The maximum absolute atomic E-state index is 13.5. The number of methoxy groups -OCH3 is 1. The fraction of sp³-hybridized carbons (Fsp3) is 0.278. The van der Waals surface area contributed by atoms with Gasteiger partial charge in [0.15, 0.2) is 11.6 Å². The van der Waals surface area contributed by atoms with Crippen LogP contribution in [0.1, 0.15) is 23.7 Å². The molecule has 4 nitrogen and oxygen atoms in total. The molecule has 0 aliphatic heterocycles. The predicted octanol–water partition coefficient (Wildman–Crippen LogP) is 2.76. The standard InChI is InChI=1S/C18H19F2NO3/c1-24-16-8-3-2-6-13(16)15(22)11-21-17(23)10-9-12-5-4-7-14(19)18(12)20/h2-8,15,22H,9-11H2,1H3,(H,21,23). The van der Waals surface area contributed by atoms with Gasteiger partial charge in [-0.15, -0.1) is 0 Å². The van der Waals surface area contributed by atoms with Gasteiger partial charge in [0.25, 0.3) is 0 Å². The molecule has 6 heteroatoms. The third-order valence-corrected chi connectivity index (χ3v) is 3.64. The number of ether oxygens (including phenoxy) is 1. The van der Waals surface area contributed by atoms with E-state index in [1.807, 2.05) is 0 Å². The quantitative estimate of drug-likeness (QED) is 0.818. The summed E-state index contributed by atoms with van der Waals surface area (Å²) in [5, 5.41) is 12.7. The lowest BCUT2D eigenvalue weighted by molar-refractivity contribution is -0.121. The Balaban J connectivity index is 1.86. The highest BCUT2D eigenvalue weighted by Crippen LogP contribution is 2.24.